The van der Waals surface area contributed by atoms with Gasteiger partial charge in [-0.3, -0.25) is 4.68 Å². The Kier molecular flexibility index (Phi) is 4.38. The molecule has 0 atom stereocenters. The summed E-state index contributed by atoms with van der Waals surface area (Å²) >= 11 is 0. The van der Waals surface area contributed by atoms with Crippen LogP contribution in [0.4, 0.5) is 4.39 Å². The molecule has 0 aliphatic carbocycles. The Labute approximate surface area is 140 Å². The van der Waals surface area contributed by atoms with Crippen molar-refractivity contribution in [2.45, 2.75) is 39.3 Å². The SMILES string of the molecule is CC(C)(C)c1nc(COc2cnn(Cc3ccc(F)cc3)c2)co1. The molecule has 0 aliphatic heterocycles. The number of halogens is 1. The molecule has 3 aromatic rings. The van der Waals surface area contributed by atoms with Crippen molar-refractivity contribution in [3.05, 3.63) is 65.9 Å². The molecule has 0 saturated carbocycles. The molecule has 2 aromatic heterocycles. The molecule has 0 unspecified atom stereocenters. The van der Waals surface area contributed by atoms with E-state index < -0.39 is 0 Å². The number of hydrogen-bond acceptors (Lipinski definition) is 4. The highest BCUT2D eigenvalue weighted by molar-refractivity contribution is 5.18. The van der Waals surface area contributed by atoms with E-state index >= 15 is 0 Å². The zero-order chi connectivity index (χ0) is 17.2. The quantitative estimate of drug-likeness (QED) is 0.711. The lowest BCUT2D eigenvalue weighted by Gasteiger charge is -2.11. The Morgan fingerprint density at radius 2 is 1.96 bits per heavy atom. The molecule has 1 aromatic carbocycles. The minimum Gasteiger partial charge on any atom is -0.484 e. The van der Waals surface area contributed by atoms with Gasteiger partial charge in [0.05, 0.1) is 18.9 Å². The molecular formula is C18H20FN3O2. The summed E-state index contributed by atoms with van der Waals surface area (Å²) in [5.74, 6) is 1.09. The highest BCUT2D eigenvalue weighted by Crippen LogP contribution is 2.21. The molecule has 0 aliphatic rings. The van der Waals surface area contributed by atoms with Crippen molar-refractivity contribution in [3.8, 4) is 5.75 Å². The normalized spacial score (nSPS) is 11.7. The number of rotatable bonds is 5. The molecule has 0 N–H and O–H groups in total. The zero-order valence-electron chi connectivity index (χ0n) is 14.0. The standard InChI is InChI=1S/C18H20FN3O2/c1-18(2,3)17-21-15(12-24-17)11-23-16-8-20-22(10-16)9-13-4-6-14(19)7-5-13/h4-8,10,12H,9,11H2,1-3H3. The van der Waals surface area contributed by atoms with Crippen LogP contribution in [0.25, 0.3) is 0 Å². The second kappa shape index (κ2) is 6.47. The molecule has 0 fully saturated rings. The second-order valence-corrected chi connectivity index (χ2v) is 6.68. The summed E-state index contributed by atoms with van der Waals surface area (Å²) in [6.45, 7) is 7.01. The largest absolute Gasteiger partial charge is 0.484 e. The molecule has 0 bridgehead atoms. The Bertz CT molecular complexity index is 800. The number of oxazole rings is 1. The molecule has 6 heteroatoms. The van der Waals surface area contributed by atoms with Gasteiger partial charge in [0.1, 0.15) is 24.4 Å². The predicted molar refractivity (Wildman–Crippen MR) is 87.3 cm³/mol. The summed E-state index contributed by atoms with van der Waals surface area (Å²) in [5, 5.41) is 4.24. The Morgan fingerprint density at radius 1 is 1.21 bits per heavy atom. The molecule has 2 heterocycles. The monoisotopic (exact) mass is 329 g/mol. The predicted octanol–water partition coefficient (Wildman–Crippen LogP) is 3.94. The smallest absolute Gasteiger partial charge is 0.199 e. The van der Waals surface area contributed by atoms with Gasteiger partial charge in [-0.25, -0.2) is 9.37 Å². The molecular weight excluding hydrogens is 309 g/mol. The van der Waals surface area contributed by atoms with Crippen molar-refractivity contribution in [2.75, 3.05) is 0 Å². The first-order valence-electron chi connectivity index (χ1n) is 7.75. The van der Waals surface area contributed by atoms with E-state index in [1.165, 1.54) is 12.1 Å². The molecule has 3 rings (SSSR count). The third-order valence-corrected chi connectivity index (χ3v) is 3.45. The lowest BCUT2D eigenvalue weighted by atomic mass is 9.97. The summed E-state index contributed by atoms with van der Waals surface area (Å²) < 4.78 is 25.8. The molecule has 24 heavy (non-hydrogen) atoms. The van der Waals surface area contributed by atoms with Crippen molar-refractivity contribution >= 4 is 0 Å². The van der Waals surface area contributed by atoms with Crippen LogP contribution in [-0.4, -0.2) is 14.8 Å². The molecule has 0 radical (unpaired) electrons. The van der Waals surface area contributed by atoms with E-state index in [4.69, 9.17) is 9.15 Å². The van der Waals surface area contributed by atoms with Gasteiger partial charge in [-0.05, 0) is 17.7 Å². The van der Waals surface area contributed by atoms with Crippen LogP contribution >= 0.6 is 0 Å². The first kappa shape index (κ1) is 16.2. The Hall–Kier alpha value is -2.63. The summed E-state index contributed by atoms with van der Waals surface area (Å²) in [7, 11) is 0. The molecule has 5 nitrogen and oxygen atoms in total. The van der Waals surface area contributed by atoms with E-state index in [0.29, 0.717) is 24.8 Å². The minimum absolute atomic E-state index is 0.127. The maximum atomic E-state index is 12.9. The van der Waals surface area contributed by atoms with Crippen LogP contribution in [0, 0.1) is 5.82 Å². The van der Waals surface area contributed by atoms with Crippen molar-refractivity contribution < 1.29 is 13.5 Å². The van der Waals surface area contributed by atoms with Gasteiger partial charge < -0.3 is 9.15 Å². The van der Waals surface area contributed by atoms with Crippen LogP contribution in [0.15, 0.2) is 47.3 Å². The lowest BCUT2D eigenvalue weighted by Crippen LogP contribution is -2.11. The summed E-state index contributed by atoms with van der Waals surface area (Å²) in [6.07, 6.45) is 5.06. The fraction of sp³-hybridized carbons (Fsp3) is 0.333. The van der Waals surface area contributed by atoms with E-state index in [1.807, 2.05) is 20.8 Å². The van der Waals surface area contributed by atoms with Crippen LogP contribution in [0.2, 0.25) is 0 Å². The number of ether oxygens (including phenoxy) is 1. The maximum Gasteiger partial charge on any atom is 0.199 e. The lowest BCUT2D eigenvalue weighted by molar-refractivity contribution is 0.300. The first-order valence-corrected chi connectivity index (χ1v) is 7.75. The van der Waals surface area contributed by atoms with Gasteiger partial charge in [0.15, 0.2) is 11.6 Å². The van der Waals surface area contributed by atoms with Crippen molar-refractivity contribution in [1.82, 2.24) is 14.8 Å². The summed E-state index contributed by atoms with van der Waals surface area (Å²) in [6, 6.07) is 6.35. The molecule has 126 valence electrons. The van der Waals surface area contributed by atoms with E-state index in [2.05, 4.69) is 10.1 Å². The van der Waals surface area contributed by atoms with E-state index in [0.717, 1.165) is 11.3 Å². The summed E-state index contributed by atoms with van der Waals surface area (Å²) in [5.41, 5.74) is 1.58. The van der Waals surface area contributed by atoms with E-state index in [1.54, 1.807) is 35.5 Å². The number of nitrogens with zero attached hydrogens (tertiary/aromatic N) is 3. The highest BCUT2D eigenvalue weighted by Gasteiger charge is 2.20. The van der Waals surface area contributed by atoms with Gasteiger partial charge in [-0.2, -0.15) is 5.10 Å². The van der Waals surface area contributed by atoms with Gasteiger partial charge >= 0.3 is 0 Å². The van der Waals surface area contributed by atoms with Crippen LogP contribution in [0.5, 0.6) is 5.75 Å². The number of hydrogen-bond donors (Lipinski definition) is 0. The van der Waals surface area contributed by atoms with Crippen molar-refractivity contribution in [3.63, 3.8) is 0 Å². The van der Waals surface area contributed by atoms with Crippen molar-refractivity contribution in [1.29, 1.82) is 0 Å². The third kappa shape index (κ3) is 4.01. The van der Waals surface area contributed by atoms with E-state index in [-0.39, 0.29) is 11.2 Å². The fourth-order valence-corrected chi connectivity index (χ4v) is 2.16. The topological polar surface area (TPSA) is 53.1 Å². The van der Waals surface area contributed by atoms with Gasteiger partial charge in [0.2, 0.25) is 0 Å². The van der Waals surface area contributed by atoms with E-state index in [9.17, 15) is 4.39 Å². The highest BCUT2D eigenvalue weighted by atomic mass is 19.1. The van der Waals surface area contributed by atoms with Crippen LogP contribution in [-0.2, 0) is 18.6 Å². The second-order valence-electron chi connectivity index (χ2n) is 6.68. The fourth-order valence-electron chi connectivity index (χ4n) is 2.16. The number of aromatic nitrogens is 3. The Morgan fingerprint density at radius 3 is 2.62 bits per heavy atom. The van der Waals surface area contributed by atoms with Crippen LogP contribution in [0.3, 0.4) is 0 Å². The molecule has 0 spiro atoms. The van der Waals surface area contributed by atoms with Crippen LogP contribution in [0.1, 0.15) is 37.9 Å². The third-order valence-electron chi connectivity index (χ3n) is 3.45. The average molecular weight is 329 g/mol. The van der Waals surface area contributed by atoms with Gasteiger partial charge in [0.25, 0.3) is 0 Å². The molecule has 0 saturated heterocycles. The van der Waals surface area contributed by atoms with Gasteiger partial charge in [0, 0.05) is 5.41 Å². The molecule has 0 amide bonds. The Balaban J connectivity index is 1.58. The van der Waals surface area contributed by atoms with Crippen molar-refractivity contribution in [2.24, 2.45) is 0 Å². The average Bonchev–Trinajstić information content (AvgIpc) is 3.16. The maximum absolute atomic E-state index is 12.9. The summed E-state index contributed by atoms with van der Waals surface area (Å²) in [4.78, 5) is 4.42. The zero-order valence-corrected chi connectivity index (χ0v) is 14.0. The van der Waals surface area contributed by atoms with Crippen LogP contribution < -0.4 is 4.74 Å². The first-order chi connectivity index (χ1) is 11.4. The van der Waals surface area contributed by atoms with Gasteiger partial charge in [-0.15, -0.1) is 0 Å². The minimum atomic E-state index is -0.245. The van der Waals surface area contributed by atoms with Gasteiger partial charge in [-0.1, -0.05) is 32.9 Å². The number of benzene rings is 1.